The molecular weight excluding hydrogens is 256 g/mol. The second-order valence-corrected chi connectivity index (χ2v) is 6.04. The monoisotopic (exact) mass is 274 g/mol. The Morgan fingerprint density at radius 3 is 2.95 bits per heavy atom. The minimum atomic E-state index is -0.455. The van der Waals surface area contributed by atoms with Crippen LogP contribution in [0.15, 0.2) is 29.8 Å². The first-order chi connectivity index (χ1) is 9.16. The van der Waals surface area contributed by atoms with Crippen molar-refractivity contribution >= 4 is 17.2 Å². The van der Waals surface area contributed by atoms with Crippen molar-refractivity contribution in [2.45, 2.75) is 32.4 Å². The molecule has 0 saturated carbocycles. The van der Waals surface area contributed by atoms with E-state index in [0.717, 1.165) is 24.3 Å². The van der Waals surface area contributed by atoms with Gasteiger partial charge in [0.1, 0.15) is 5.82 Å². The van der Waals surface area contributed by atoms with E-state index in [0.29, 0.717) is 6.04 Å². The molecule has 1 aliphatic heterocycles. The van der Waals surface area contributed by atoms with E-state index in [1.807, 2.05) is 23.5 Å². The Labute approximate surface area is 117 Å². The maximum absolute atomic E-state index is 9.53. The summed E-state index contributed by atoms with van der Waals surface area (Å²) in [6, 6.07) is 6.57. The van der Waals surface area contributed by atoms with Crippen LogP contribution >= 0.6 is 11.3 Å². The van der Waals surface area contributed by atoms with Crippen molar-refractivity contribution in [1.29, 1.82) is 0 Å². The molecule has 3 rings (SSSR count). The van der Waals surface area contributed by atoms with E-state index >= 15 is 0 Å². The van der Waals surface area contributed by atoms with Gasteiger partial charge in [-0.3, -0.25) is 0 Å². The summed E-state index contributed by atoms with van der Waals surface area (Å²) in [4.78, 5) is 8.34. The Morgan fingerprint density at radius 2 is 2.26 bits per heavy atom. The van der Waals surface area contributed by atoms with Crippen LogP contribution in [-0.4, -0.2) is 16.6 Å². The standard InChI is InChI=1S/C15H18N2OS/c1-10-13-6-8-19-14(13)5-7-17(10)15-4-3-12(9-16-15)11(2)18/h3-4,6,8-11,18H,5,7H2,1-2H3/t10?,11-/m1/s1. The number of thiophene rings is 1. The molecule has 0 aliphatic carbocycles. The van der Waals surface area contributed by atoms with Crippen LogP contribution in [-0.2, 0) is 6.42 Å². The number of fused-ring (bicyclic) bond motifs is 1. The number of rotatable bonds is 2. The van der Waals surface area contributed by atoms with E-state index in [9.17, 15) is 5.11 Å². The van der Waals surface area contributed by atoms with Gasteiger partial charge in [0.15, 0.2) is 0 Å². The molecule has 4 heteroatoms. The third-order valence-corrected chi connectivity index (χ3v) is 4.82. The number of hydrogen-bond acceptors (Lipinski definition) is 4. The van der Waals surface area contributed by atoms with Crippen molar-refractivity contribution < 1.29 is 5.11 Å². The molecule has 1 unspecified atom stereocenters. The van der Waals surface area contributed by atoms with E-state index < -0.39 is 6.10 Å². The zero-order valence-corrected chi connectivity index (χ0v) is 12.0. The second kappa shape index (κ2) is 4.94. The Balaban J connectivity index is 1.87. The van der Waals surface area contributed by atoms with Gasteiger partial charge in [-0.25, -0.2) is 4.98 Å². The summed E-state index contributed by atoms with van der Waals surface area (Å²) in [6.07, 6.45) is 2.41. The predicted octanol–water partition coefficient (Wildman–Crippen LogP) is 3.32. The molecule has 0 spiro atoms. The molecule has 19 heavy (non-hydrogen) atoms. The van der Waals surface area contributed by atoms with Gasteiger partial charge in [0.25, 0.3) is 0 Å². The van der Waals surface area contributed by atoms with Crippen molar-refractivity contribution in [2.75, 3.05) is 11.4 Å². The van der Waals surface area contributed by atoms with E-state index in [-0.39, 0.29) is 0 Å². The molecule has 0 amide bonds. The lowest BCUT2D eigenvalue weighted by Gasteiger charge is -2.34. The molecular formula is C15H18N2OS. The summed E-state index contributed by atoms with van der Waals surface area (Å²) in [6.45, 7) is 5.00. The minimum absolute atomic E-state index is 0.375. The molecule has 2 aromatic rings. The number of hydrogen-bond donors (Lipinski definition) is 1. The normalized spacial score (nSPS) is 20.2. The molecule has 3 nitrogen and oxygen atoms in total. The van der Waals surface area contributed by atoms with E-state index in [1.165, 1.54) is 10.4 Å². The van der Waals surface area contributed by atoms with Crippen LogP contribution in [0.25, 0.3) is 0 Å². The van der Waals surface area contributed by atoms with Gasteiger partial charge in [0.2, 0.25) is 0 Å². The number of aromatic nitrogens is 1. The number of pyridine rings is 1. The van der Waals surface area contributed by atoms with Crippen LogP contribution in [0.4, 0.5) is 5.82 Å². The molecule has 2 atom stereocenters. The van der Waals surface area contributed by atoms with Crippen LogP contribution in [0.1, 0.15) is 42.0 Å². The van der Waals surface area contributed by atoms with Gasteiger partial charge in [-0.05, 0) is 48.9 Å². The van der Waals surface area contributed by atoms with Gasteiger partial charge in [-0.15, -0.1) is 11.3 Å². The van der Waals surface area contributed by atoms with Crippen LogP contribution < -0.4 is 4.90 Å². The van der Waals surface area contributed by atoms with Gasteiger partial charge in [0.05, 0.1) is 12.1 Å². The molecule has 2 aromatic heterocycles. The van der Waals surface area contributed by atoms with Crippen LogP contribution in [0.5, 0.6) is 0 Å². The molecule has 1 N–H and O–H groups in total. The predicted molar refractivity (Wildman–Crippen MR) is 78.7 cm³/mol. The van der Waals surface area contributed by atoms with Gasteiger partial charge in [0, 0.05) is 17.6 Å². The van der Waals surface area contributed by atoms with Gasteiger partial charge < -0.3 is 10.0 Å². The quantitative estimate of drug-likeness (QED) is 0.912. The van der Waals surface area contributed by atoms with Crippen molar-refractivity contribution in [3.05, 3.63) is 45.8 Å². The highest BCUT2D eigenvalue weighted by Crippen LogP contribution is 2.35. The highest BCUT2D eigenvalue weighted by molar-refractivity contribution is 7.10. The summed E-state index contributed by atoms with van der Waals surface area (Å²) >= 11 is 1.85. The fraction of sp³-hybridized carbons (Fsp3) is 0.400. The summed E-state index contributed by atoms with van der Waals surface area (Å²) in [5.41, 5.74) is 2.29. The van der Waals surface area contributed by atoms with Crippen molar-refractivity contribution in [3.8, 4) is 0 Å². The highest BCUT2D eigenvalue weighted by Gasteiger charge is 2.25. The second-order valence-electron chi connectivity index (χ2n) is 5.04. The first-order valence-electron chi connectivity index (χ1n) is 6.63. The average Bonchev–Trinajstić information content (AvgIpc) is 2.88. The van der Waals surface area contributed by atoms with Crippen LogP contribution in [0.3, 0.4) is 0 Å². The van der Waals surface area contributed by atoms with Gasteiger partial charge >= 0.3 is 0 Å². The molecule has 0 aromatic carbocycles. The summed E-state index contributed by atoms with van der Waals surface area (Å²) < 4.78 is 0. The molecule has 0 fully saturated rings. The van der Waals surface area contributed by atoms with Gasteiger partial charge in [-0.1, -0.05) is 6.07 Å². The average molecular weight is 274 g/mol. The lowest BCUT2D eigenvalue weighted by atomic mass is 10.0. The molecule has 0 radical (unpaired) electrons. The van der Waals surface area contributed by atoms with Crippen LogP contribution in [0, 0.1) is 0 Å². The summed E-state index contributed by atoms with van der Waals surface area (Å²) in [5.74, 6) is 0.994. The maximum atomic E-state index is 9.53. The topological polar surface area (TPSA) is 36.4 Å². The zero-order chi connectivity index (χ0) is 13.4. The highest BCUT2D eigenvalue weighted by atomic mass is 32.1. The minimum Gasteiger partial charge on any atom is -0.389 e. The Kier molecular flexibility index (Phi) is 3.29. The number of aliphatic hydroxyl groups is 1. The van der Waals surface area contributed by atoms with E-state index in [4.69, 9.17) is 0 Å². The number of aliphatic hydroxyl groups excluding tert-OH is 1. The van der Waals surface area contributed by atoms with Crippen molar-refractivity contribution in [3.63, 3.8) is 0 Å². The smallest absolute Gasteiger partial charge is 0.129 e. The fourth-order valence-corrected chi connectivity index (χ4v) is 3.60. The first-order valence-corrected chi connectivity index (χ1v) is 7.51. The third kappa shape index (κ3) is 2.26. The largest absolute Gasteiger partial charge is 0.389 e. The molecule has 3 heterocycles. The molecule has 0 saturated heterocycles. The van der Waals surface area contributed by atoms with Crippen molar-refractivity contribution in [1.82, 2.24) is 4.98 Å². The Morgan fingerprint density at radius 1 is 1.42 bits per heavy atom. The Bertz CT molecular complexity index is 562. The number of anilines is 1. The van der Waals surface area contributed by atoms with Gasteiger partial charge in [-0.2, -0.15) is 0 Å². The van der Waals surface area contributed by atoms with Crippen LogP contribution in [0.2, 0.25) is 0 Å². The lowest BCUT2D eigenvalue weighted by Crippen LogP contribution is -2.33. The SMILES string of the molecule is CC1c2ccsc2CCN1c1ccc([C@@H](C)O)cn1. The molecule has 1 aliphatic rings. The van der Waals surface area contributed by atoms with E-state index in [2.05, 4.69) is 28.3 Å². The first kappa shape index (κ1) is 12.6. The summed E-state index contributed by atoms with van der Waals surface area (Å²) in [5, 5.41) is 11.7. The third-order valence-electron chi connectivity index (χ3n) is 3.82. The van der Waals surface area contributed by atoms with E-state index in [1.54, 1.807) is 13.1 Å². The maximum Gasteiger partial charge on any atom is 0.129 e. The lowest BCUT2D eigenvalue weighted by molar-refractivity contribution is 0.199. The zero-order valence-electron chi connectivity index (χ0n) is 11.2. The number of nitrogens with zero attached hydrogens (tertiary/aromatic N) is 2. The Hall–Kier alpha value is -1.39. The van der Waals surface area contributed by atoms with Crippen molar-refractivity contribution in [2.24, 2.45) is 0 Å². The molecule has 0 bridgehead atoms. The fourth-order valence-electron chi connectivity index (χ4n) is 2.64. The summed E-state index contributed by atoms with van der Waals surface area (Å²) in [7, 11) is 0. The molecule has 100 valence electrons.